The standard InChI is InChI=1S/Cu.H3O5P/c;1-5-6(2,3)4/h;1H,(H2,2,3,4)/q+1;/p-1. The summed E-state index contributed by atoms with van der Waals surface area (Å²) in [6.45, 7) is 0. The zero-order valence-electron chi connectivity index (χ0n) is 2.87. The predicted octanol–water partition coefficient (Wildman–Crippen LogP) is -0.511. The minimum absolute atomic E-state index is 3.20. The Balaban J connectivity index is 3.36. The Morgan fingerprint density at radius 1 is 1.57 bits per heavy atom. The van der Waals surface area contributed by atoms with Gasteiger partial charge in [-0.05, 0) is 0 Å². The summed E-state index contributed by atoms with van der Waals surface area (Å²) >= 11 is 3.71. The van der Waals surface area contributed by atoms with E-state index in [0.717, 1.165) is 0 Å². The summed E-state index contributed by atoms with van der Waals surface area (Å²) in [5.74, 6) is 0. The first-order valence-electron chi connectivity index (χ1n) is 1.05. The van der Waals surface area contributed by atoms with E-state index in [9.17, 15) is 4.57 Å². The Hall–Kier alpha value is 0.589. The molecule has 0 radical (unpaired) electrons. The Labute approximate surface area is 47.9 Å². The molecule has 0 aliphatic carbocycles. The molecule has 0 amide bonds. The van der Waals surface area contributed by atoms with E-state index in [2.05, 4.69) is 25.0 Å². The number of hydrogen-bond acceptors (Lipinski definition) is 3. The molecule has 0 unspecified atom stereocenters. The molecule has 0 aromatic carbocycles. The van der Waals surface area contributed by atoms with Gasteiger partial charge >= 0.3 is 47.2 Å². The molecule has 48 valence electrons. The van der Waals surface area contributed by atoms with Crippen molar-refractivity contribution in [2.75, 3.05) is 0 Å². The van der Waals surface area contributed by atoms with Crippen LogP contribution < -0.4 is 0 Å². The van der Waals surface area contributed by atoms with Gasteiger partial charge in [0.05, 0.1) is 0 Å². The van der Waals surface area contributed by atoms with E-state index in [1.807, 2.05) is 0 Å². The first-order chi connectivity index (χ1) is 3.06. The van der Waals surface area contributed by atoms with E-state index < -0.39 is 7.82 Å². The van der Waals surface area contributed by atoms with Gasteiger partial charge in [-0.1, -0.05) is 0 Å². The molecule has 0 aromatic rings. The summed E-state index contributed by atoms with van der Waals surface area (Å²) in [6, 6.07) is 0. The predicted molar refractivity (Wildman–Crippen MR) is 14.2 cm³/mol. The van der Waals surface area contributed by atoms with Gasteiger partial charge in [0, 0.05) is 0 Å². The van der Waals surface area contributed by atoms with E-state index in [0.29, 0.717) is 0 Å². The molecule has 0 fully saturated rings. The fraction of sp³-hybridized carbons (Fsp3) is 0. The van der Waals surface area contributed by atoms with Crippen molar-refractivity contribution < 1.29 is 39.3 Å². The molecule has 0 heterocycles. The van der Waals surface area contributed by atoms with Crippen LogP contribution in [0.1, 0.15) is 0 Å². The van der Waals surface area contributed by atoms with Crippen molar-refractivity contribution >= 4 is 7.82 Å². The normalized spacial score (nSPS) is 12.0. The van der Waals surface area contributed by atoms with Crippen molar-refractivity contribution in [3.8, 4) is 0 Å². The zero-order chi connectivity index (χ0) is 5.91. The van der Waals surface area contributed by atoms with Gasteiger partial charge in [0.2, 0.25) is 0 Å². The van der Waals surface area contributed by atoms with Crippen LogP contribution in [0.3, 0.4) is 0 Å². The summed E-state index contributed by atoms with van der Waals surface area (Å²) in [4.78, 5) is 15.4. The Kier molecular flexibility index (Phi) is 3.03. The molecule has 0 atom stereocenters. The third-order valence-corrected chi connectivity index (χ3v) is 0.569. The second kappa shape index (κ2) is 2.79. The fourth-order valence-corrected chi connectivity index (χ4v) is 0.362. The number of phosphoric acid groups is 1. The summed E-state index contributed by atoms with van der Waals surface area (Å²) in [5.41, 5.74) is 0. The maximum absolute atomic E-state index is 9.51. The topological polar surface area (TPSA) is 76.0 Å². The molecule has 0 aromatic heterocycles. The molecule has 0 saturated heterocycles. The summed E-state index contributed by atoms with van der Waals surface area (Å²) < 4.78 is 15.9. The van der Waals surface area contributed by atoms with E-state index in [1.54, 1.807) is 0 Å². The van der Waals surface area contributed by atoms with Crippen LogP contribution in [0.15, 0.2) is 0 Å². The Morgan fingerprint density at radius 3 is 2.00 bits per heavy atom. The Morgan fingerprint density at radius 2 is 2.00 bits per heavy atom. The van der Waals surface area contributed by atoms with Crippen LogP contribution in [0.2, 0.25) is 0 Å². The van der Waals surface area contributed by atoms with E-state index in [-0.39, 0.29) is 0 Å². The molecule has 0 spiro atoms. The molecule has 7 heteroatoms. The van der Waals surface area contributed by atoms with Gasteiger partial charge in [0.15, 0.2) is 0 Å². The summed E-state index contributed by atoms with van der Waals surface area (Å²) in [6.07, 6.45) is 0. The van der Waals surface area contributed by atoms with Gasteiger partial charge in [0.25, 0.3) is 0 Å². The van der Waals surface area contributed by atoms with Gasteiger partial charge in [-0.3, -0.25) is 0 Å². The molecule has 2 N–H and O–H groups in total. The number of rotatable bonds is 2. The second-order valence-electron chi connectivity index (χ2n) is 0.615. The van der Waals surface area contributed by atoms with Gasteiger partial charge in [-0.2, -0.15) is 0 Å². The van der Waals surface area contributed by atoms with Crippen LogP contribution in [0.4, 0.5) is 0 Å². The monoisotopic (exact) mass is 176 g/mol. The van der Waals surface area contributed by atoms with Crippen molar-refractivity contribution in [3.05, 3.63) is 0 Å². The first kappa shape index (κ1) is 7.59. The fourth-order valence-electron chi connectivity index (χ4n) is 0.0293. The minimum atomic E-state index is -4.50. The van der Waals surface area contributed by atoms with E-state index in [1.165, 1.54) is 0 Å². The van der Waals surface area contributed by atoms with E-state index in [4.69, 9.17) is 9.79 Å². The molecule has 0 saturated carbocycles. The SMILES string of the molecule is O=P(O)(O)O[O][Cu]. The van der Waals surface area contributed by atoms with E-state index >= 15 is 0 Å². The average molecular weight is 177 g/mol. The Bertz CT molecular complexity index is 82.1. The summed E-state index contributed by atoms with van der Waals surface area (Å²) in [5, 5.41) is 0. The molecular weight excluding hydrogens is 175 g/mol. The van der Waals surface area contributed by atoms with Crippen molar-refractivity contribution in [3.63, 3.8) is 0 Å². The van der Waals surface area contributed by atoms with Crippen molar-refractivity contribution in [2.24, 2.45) is 0 Å². The van der Waals surface area contributed by atoms with Crippen LogP contribution in [0, 0.1) is 0 Å². The van der Waals surface area contributed by atoms with Gasteiger partial charge < -0.3 is 0 Å². The molecule has 0 aliphatic heterocycles. The third kappa shape index (κ3) is 6.59. The average Bonchev–Trinajstić information content (AvgIpc) is 1.30. The van der Waals surface area contributed by atoms with Gasteiger partial charge in [-0.25, -0.2) is 0 Å². The molecular formula is H2CuO5P. The molecule has 0 aliphatic rings. The van der Waals surface area contributed by atoms with Crippen LogP contribution in [-0.4, -0.2) is 9.79 Å². The van der Waals surface area contributed by atoms with Crippen molar-refractivity contribution in [2.45, 2.75) is 0 Å². The quantitative estimate of drug-likeness (QED) is 0.257. The van der Waals surface area contributed by atoms with Crippen LogP contribution in [0.5, 0.6) is 0 Å². The summed E-state index contributed by atoms with van der Waals surface area (Å²) in [7, 11) is -4.50. The maximum atomic E-state index is 9.51. The van der Waals surface area contributed by atoms with Gasteiger partial charge in [-0.15, -0.1) is 0 Å². The van der Waals surface area contributed by atoms with Crippen LogP contribution >= 0.6 is 7.82 Å². The molecule has 7 heavy (non-hydrogen) atoms. The van der Waals surface area contributed by atoms with Crippen LogP contribution in [-0.2, 0) is 29.6 Å². The molecule has 0 bridgehead atoms. The molecule has 5 nitrogen and oxygen atoms in total. The third-order valence-electron chi connectivity index (χ3n) is 0.120. The van der Waals surface area contributed by atoms with Gasteiger partial charge in [0.1, 0.15) is 0 Å². The first-order valence-corrected chi connectivity index (χ1v) is 2.97. The molecule has 0 rings (SSSR count). The second-order valence-corrected chi connectivity index (χ2v) is 1.90. The van der Waals surface area contributed by atoms with Crippen molar-refractivity contribution in [1.29, 1.82) is 0 Å². The van der Waals surface area contributed by atoms with Crippen molar-refractivity contribution in [1.82, 2.24) is 0 Å². The number of hydrogen-bond donors (Lipinski definition) is 2. The zero-order valence-corrected chi connectivity index (χ0v) is 4.70. The van der Waals surface area contributed by atoms with Crippen LogP contribution in [0.25, 0.3) is 0 Å².